The van der Waals surface area contributed by atoms with E-state index in [2.05, 4.69) is 27.7 Å². The molecule has 0 unspecified atom stereocenters. The molecule has 2 aromatic carbocycles. The number of carbonyl (C=O) groups is 2. The topological polar surface area (TPSA) is 61.4 Å². The Morgan fingerprint density at radius 2 is 1.63 bits per heavy atom. The first-order valence-electron chi connectivity index (χ1n) is 11.1. The fourth-order valence-corrected chi connectivity index (χ4v) is 3.65. The third kappa shape index (κ3) is 6.42. The van der Waals surface area contributed by atoms with Crippen molar-refractivity contribution in [1.29, 1.82) is 0 Å². The Bertz CT molecular complexity index is 842. The molecule has 2 aromatic rings. The van der Waals surface area contributed by atoms with Gasteiger partial charge < -0.3 is 10.6 Å². The van der Waals surface area contributed by atoms with Crippen molar-refractivity contribution in [2.75, 3.05) is 13.1 Å². The fourth-order valence-electron chi connectivity index (χ4n) is 3.65. The van der Waals surface area contributed by atoms with Crippen LogP contribution >= 0.6 is 0 Å². The highest BCUT2D eigenvalue weighted by Crippen LogP contribution is 2.28. The molecule has 0 saturated heterocycles. The molecule has 2 amide bonds. The normalized spacial score (nSPS) is 15.8. The molecule has 5 heteroatoms. The summed E-state index contributed by atoms with van der Waals surface area (Å²) in [6, 6.07) is 19.0. The van der Waals surface area contributed by atoms with Crippen LogP contribution in [0, 0.1) is 0 Å². The van der Waals surface area contributed by atoms with E-state index in [4.69, 9.17) is 0 Å². The Morgan fingerprint density at radius 1 is 0.900 bits per heavy atom. The average molecular weight is 406 g/mol. The summed E-state index contributed by atoms with van der Waals surface area (Å²) < 4.78 is 0. The number of benzene rings is 2. The summed E-state index contributed by atoms with van der Waals surface area (Å²) in [7, 11) is 0. The Balaban J connectivity index is 1.21. The van der Waals surface area contributed by atoms with Crippen LogP contribution in [0.3, 0.4) is 0 Å². The summed E-state index contributed by atoms with van der Waals surface area (Å²) in [5, 5.41) is 6.08. The van der Waals surface area contributed by atoms with Gasteiger partial charge in [-0.1, -0.05) is 42.5 Å². The zero-order valence-corrected chi connectivity index (χ0v) is 17.5. The molecule has 30 heavy (non-hydrogen) atoms. The number of amides is 2. The van der Waals surface area contributed by atoms with Gasteiger partial charge in [0.1, 0.15) is 0 Å². The molecule has 0 atom stereocenters. The van der Waals surface area contributed by atoms with Gasteiger partial charge in [0.25, 0.3) is 5.91 Å². The van der Waals surface area contributed by atoms with Crippen LogP contribution in [0.1, 0.15) is 53.6 Å². The van der Waals surface area contributed by atoms with Crippen LogP contribution in [-0.4, -0.2) is 41.9 Å². The minimum absolute atomic E-state index is 0.0120. The third-order valence-corrected chi connectivity index (χ3v) is 5.73. The predicted molar refractivity (Wildman–Crippen MR) is 118 cm³/mol. The van der Waals surface area contributed by atoms with Crippen molar-refractivity contribution in [2.24, 2.45) is 0 Å². The van der Waals surface area contributed by atoms with Gasteiger partial charge in [-0.3, -0.25) is 14.5 Å². The number of aryl methyl sites for hydroxylation is 1. The lowest BCUT2D eigenvalue weighted by Crippen LogP contribution is -2.38. The SMILES string of the molecule is O=C(CN(Cc1ccc(C(=O)NC2CC2)cc1)C1CC1)NCCCc1ccccc1. The van der Waals surface area contributed by atoms with E-state index in [1.165, 1.54) is 5.56 Å². The van der Waals surface area contributed by atoms with Crippen LogP contribution in [0.4, 0.5) is 0 Å². The largest absolute Gasteiger partial charge is 0.355 e. The summed E-state index contributed by atoms with van der Waals surface area (Å²) in [5.41, 5.74) is 3.15. The van der Waals surface area contributed by atoms with E-state index in [0.717, 1.165) is 50.6 Å². The number of rotatable bonds is 11. The Hall–Kier alpha value is -2.66. The molecule has 2 aliphatic rings. The van der Waals surface area contributed by atoms with Crippen LogP contribution < -0.4 is 10.6 Å². The highest BCUT2D eigenvalue weighted by atomic mass is 16.2. The fraction of sp³-hybridized carbons (Fsp3) is 0.440. The first-order chi connectivity index (χ1) is 14.7. The first-order valence-corrected chi connectivity index (χ1v) is 11.1. The number of nitrogens with one attached hydrogen (secondary N) is 2. The van der Waals surface area contributed by atoms with Crippen LogP contribution in [0.25, 0.3) is 0 Å². The van der Waals surface area contributed by atoms with E-state index < -0.39 is 0 Å². The average Bonchev–Trinajstić information content (AvgIpc) is 3.67. The molecular formula is C25H31N3O2. The molecule has 0 radical (unpaired) electrons. The van der Waals surface area contributed by atoms with Gasteiger partial charge in [0.05, 0.1) is 6.54 Å². The quantitative estimate of drug-likeness (QED) is 0.564. The zero-order chi connectivity index (χ0) is 20.8. The van der Waals surface area contributed by atoms with Gasteiger partial charge in [-0.2, -0.15) is 0 Å². The predicted octanol–water partition coefficient (Wildman–Crippen LogP) is 3.29. The summed E-state index contributed by atoms with van der Waals surface area (Å²) in [5.74, 6) is 0.105. The van der Waals surface area contributed by atoms with Gasteiger partial charge in [0.15, 0.2) is 0 Å². The van der Waals surface area contributed by atoms with E-state index in [-0.39, 0.29) is 11.8 Å². The lowest BCUT2D eigenvalue weighted by Gasteiger charge is -2.21. The first kappa shape index (κ1) is 20.6. The van der Waals surface area contributed by atoms with E-state index >= 15 is 0 Å². The molecule has 0 bridgehead atoms. The van der Waals surface area contributed by atoms with Crippen LogP contribution in [0.2, 0.25) is 0 Å². The second-order valence-corrected chi connectivity index (χ2v) is 8.52. The molecule has 2 N–H and O–H groups in total. The van der Waals surface area contributed by atoms with Crippen molar-refractivity contribution < 1.29 is 9.59 Å². The molecule has 2 fully saturated rings. The molecule has 0 aromatic heterocycles. The highest BCUT2D eigenvalue weighted by molar-refractivity contribution is 5.94. The standard InChI is InChI=1S/C25H31N3O2/c29-24(26-16-4-7-19-5-2-1-3-6-19)18-28(23-14-15-23)17-20-8-10-21(11-9-20)25(30)27-22-12-13-22/h1-3,5-6,8-11,22-23H,4,7,12-18H2,(H,26,29)(H,27,30). The molecule has 4 rings (SSSR count). The molecule has 158 valence electrons. The van der Waals surface area contributed by atoms with Crippen molar-refractivity contribution in [3.63, 3.8) is 0 Å². The van der Waals surface area contributed by atoms with E-state index in [1.54, 1.807) is 0 Å². The van der Waals surface area contributed by atoms with Gasteiger partial charge in [-0.05, 0) is 61.8 Å². The zero-order valence-electron chi connectivity index (χ0n) is 17.5. The van der Waals surface area contributed by atoms with Crippen molar-refractivity contribution in [1.82, 2.24) is 15.5 Å². The minimum Gasteiger partial charge on any atom is -0.355 e. The highest BCUT2D eigenvalue weighted by Gasteiger charge is 2.30. The monoisotopic (exact) mass is 405 g/mol. The van der Waals surface area contributed by atoms with Gasteiger partial charge in [-0.15, -0.1) is 0 Å². The molecule has 5 nitrogen and oxygen atoms in total. The summed E-state index contributed by atoms with van der Waals surface area (Å²) in [6.07, 6.45) is 6.42. The maximum Gasteiger partial charge on any atom is 0.251 e. The van der Waals surface area contributed by atoms with Gasteiger partial charge in [-0.25, -0.2) is 0 Å². The van der Waals surface area contributed by atoms with Crippen LogP contribution in [0.15, 0.2) is 54.6 Å². The Kier molecular flexibility index (Phi) is 6.80. The summed E-state index contributed by atoms with van der Waals surface area (Å²) >= 11 is 0. The molecule has 0 spiro atoms. The van der Waals surface area contributed by atoms with Crippen LogP contribution in [0.5, 0.6) is 0 Å². The Morgan fingerprint density at radius 3 is 2.30 bits per heavy atom. The number of hydrogen-bond acceptors (Lipinski definition) is 3. The van der Waals surface area contributed by atoms with E-state index in [9.17, 15) is 9.59 Å². The lowest BCUT2D eigenvalue weighted by molar-refractivity contribution is -0.122. The lowest BCUT2D eigenvalue weighted by atomic mass is 10.1. The maximum atomic E-state index is 12.4. The second-order valence-electron chi connectivity index (χ2n) is 8.52. The number of hydrogen-bond donors (Lipinski definition) is 2. The van der Waals surface area contributed by atoms with E-state index in [0.29, 0.717) is 30.7 Å². The van der Waals surface area contributed by atoms with Crippen LogP contribution in [-0.2, 0) is 17.8 Å². The molecule has 0 heterocycles. The van der Waals surface area contributed by atoms with Gasteiger partial charge >= 0.3 is 0 Å². The maximum absolute atomic E-state index is 12.4. The third-order valence-electron chi connectivity index (χ3n) is 5.73. The summed E-state index contributed by atoms with van der Waals surface area (Å²) in [4.78, 5) is 26.8. The van der Waals surface area contributed by atoms with Crippen molar-refractivity contribution in [2.45, 2.75) is 57.2 Å². The number of nitrogens with zero attached hydrogens (tertiary/aromatic N) is 1. The van der Waals surface area contributed by atoms with Gasteiger partial charge in [0.2, 0.25) is 5.91 Å². The molecule has 2 saturated carbocycles. The molecule has 2 aliphatic carbocycles. The molecule has 0 aliphatic heterocycles. The van der Waals surface area contributed by atoms with E-state index in [1.807, 2.05) is 42.5 Å². The second kappa shape index (κ2) is 9.90. The van der Waals surface area contributed by atoms with Crippen molar-refractivity contribution in [3.8, 4) is 0 Å². The smallest absolute Gasteiger partial charge is 0.251 e. The number of carbonyl (C=O) groups excluding carboxylic acids is 2. The molecular weight excluding hydrogens is 374 g/mol. The Labute approximate surface area is 178 Å². The summed E-state index contributed by atoms with van der Waals surface area (Å²) in [6.45, 7) is 1.88. The van der Waals surface area contributed by atoms with Crippen molar-refractivity contribution >= 4 is 11.8 Å². The van der Waals surface area contributed by atoms with Gasteiger partial charge in [0, 0.05) is 30.7 Å². The minimum atomic E-state index is 0.0120. The van der Waals surface area contributed by atoms with Crippen molar-refractivity contribution in [3.05, 3.63) is 71.3 Å².